The van der Waals surface area contributed by atoms with E-state index in [-0.39, 0.29) is 34.6 Å². The summed E-state index contributed by atoms with van der Waals surface area (Å²) in [7, 11) is 0. The lowest BCUT2D eigenvalue weighted by Crippen LogP contribution is -2.52. The second-order valence-corrected chi connectivity index (χ2v) is 7.18. The van der Waals surface area contributed by atoms with Crippen molar-refractivity contribution < 1.29 is 9.45 Å². The molecule has 1 saturated heterocycles. The predicted octanol–water partition coefficient (Wildman–Crippen LogP) is 3.18. The van der Waals surface area contributed by atoms with Gasteiger partial charge in [0.2, 0.25) is 0 Å². The molecule has 30 heavy (non-hydrogen) atoms. The highest BCUT2D eigenvalue weighted by Gasteiger charge is 2.20. The van der Waals surface area contributed by atoms with E-state index in [4.69, 9.17) is 9.52 Å². The SMILES string of the molecule is CCCNC(=NCc1ccc([N+](=O)[O-])cc1)N1CCN(Cc2cc(C)on2)CC1.I. The molecule has 0 bridgehead atoms. The molecule has 0 saturated carbocycles. The molecule has 164 valence electrons. The van der Waals surface area contributed by atoms with Crippen LogP contribution in [0.3, 0.4) is 0 Å². The van der Waals surface area contributed by atoms with Crippen LogP contribution in [0.5, 0.6) is 0 Å². The summed E-state index contributed by atoms with van der Waals surface area (Å²) in [5.74, 6) is 1.73. The maximum atomic E-state index is 10.8. The van der Waals surface area contributed by atoms with Crippen molar-refractivity contribution in [3.8, 4) is 0 Å². The monoisotopic (exact) mass is 528 g/mol. The Morgan fingerprint density at radius 2 is 1.97 bits per heavy atom. The number of non-ortho nitro benzene ring substituents is 1. The average Bonchev–Trinajstić information content (AvgIpc) is 3.14. The number of benzene rings is 1. The van der Waals surface area contributed by atoms with E-state index in [9.17, 15) is 10.1 Å². The van der Waals surface area contributed by atoms with Crippen LogP contribution in [0.25, 0.3) is 0 Å². The summed E-state index contributed by atoms with van der Waals surface area (Å²) in [6, 6.07) is 8.54. The third-order valence-electron chi connectivity index (χ3n) is 4.83. The highest BCUT2D eigenvalue weighted by atomic mass is 127. The van der Waals surface area contributed by atoms with Crippen LogP contribution in [0.1, 0.15) is 30.4 Å². The van der Waals surface area contributed by atoms with E-state index in [0.717, 1.165) is 68.7 Å². The van der Waals surface area contributed by atoms with Gasteiger partial charge in [0, 0.05) is 57.5 Å². The smallest absolute Gasteiger partial charge is 0.269 e. The van der Waals surface area contributed by atoms with Gasteiger partial charge in [-0.15, -0.1) is 24.0 Å². The molecule has 2 heterocycles. The van der Waals surface area contributed by atoms with Gasteiger partial charge in [-0.05, 0) is 18.9 Å². The van der Waals surface area contributed by atoms with E-state index < -0.39 is 0 Å². The molecular formula is C20H29IN6O3. The van der Waals surface area contributed by atoms with Crippen LogP contribution in [0, 0.1) is 17.0 Å². The number of halogens is 1. The number of nitrogens with one attached hydrogen (secondary N) is 1. The molecule has 1 aliphatic rings. The van der Waals surface area contributed by atoms with E-state index in [2.05, 4.69) is 27.2 Å². The number of hydrogen-bond donors (Lipinski definition) is 1. The number of guanidine groups is 1. The first-order chi connectivity index (χ1) is 14.0. The van der Waals surface area contributed by atoms with E-state index in [1.165, 1.54) is 12.1 Å². The Kier molecular flexibility index (Phi) is 9.50. The number of rotatable bonds is 7. The Balaban J connectivity index is 0.00000320. The summed E-state index contributed by atoms with van der Waals surface area (Å²) in [6.07, 6.45) is 1.02. The summed E-state index contributed by atoms with van der Waals surface area (Å²) < 4.78 is 5.15. The minimum absolute atomic E-state index is 0. The van der Waals surface area contributed by atoms with Gasteiger partial charge >= 0.3 is 0 Å². The average molecular weight is 528 g/mol. The fourth-order valence-corrected chi connectivity index (χ4v) is 3.23. The Morgan fingerprint density at radius 1 is 1.27 bits per heavy atom. The maximum absolute atomic E-state index is 10.8. The third-order valence-corrected chi connectivity index (χ3v) is 4.83. The molecule has 10 heteroatoms. The van der Waals surface area contributed by atoms with Crippen molar-refractivity contribution >= 4 is 35.6 Å². The third kappa shape index (κ3) is 6.94. The second kappa shape index (κ2) is 11.8. The van der Waals surface area contributed by atoms with Crippen molar-refractivity contribution in [1.82, 2.24) is 20.3 Å². The van der Waals surface area contributed by atoms with Crippen molar-refractivity contribution in [2.75, 3.05) is 32.7 Å². The second-order valence-electron chi connectivity index (χ2n) is 7.18. The van der Waals surface area contributed by atoms with Gasteiger partial charge in [-0.2, -0.15) is 0 Å². The van der Waals surface area contributed by atoms with Crippen LogP contribution in [0.2, 0.25) is 0 Å². The molecule has 0 aliphatic carbocycles. The van der Waals surface area contributed by atoms with Crippen molar-refractivity contribution in [1.29, 1.82) is 0 Å². The highest BCUT2D eigenvalue weighted by molar-refractivity contribution is 14.0. The fraction of sp³-hybridized carbons (Fsp3) is 0.500. The van der Waals surface area contributed by atoms with Crippen LogP contribution in [0.4, 0.5) is 5.69 Å². The van der Waals surface area contributed by atoms with Gasteiger partial charge in [-0.3, -0.25) is 15.0 Å². The molecule has 0 amide bonds. The molecule has 1 aliphatic heterocycles. The van der Waals surface area contributed by atoms with E-state index >= 15 is 0 Å². The first kappa shape index (κ1) is 24.1. The van der Waals surface area contributed by atoms with Gasteiger partial charge in [0.1, 0.15) is 5.76 Å². The maximum Gasteiger partial charge on any atom is 0.269 e. The molecule has 0 spiro atoms. The largest absolute Gasteiger partial charge is 0.361 e. The molecule has 1 fully saturated rings. The fourth-order valence-electron chi connectivity index (χ4n) is 3.23. The predicted molar refractivity (Wildman–Crippen MR) is 126 cm³/mol. The number of nitro groups is 1. The van der Waals surface area contributed by atoms with Crippen LogP contribution >= 0.6 is 24.0 Å². The topological polar surface area (TPSA) is 100 Å². The summed E-state index contributed by atoms with van der Waals surface area (Å²) in [5, 5.41) is 18.3. The molecule has 1 N–H and O–H groups in total. The highest BCUT2D eigenvalue weighted by Crippen LogP contribution is 2.13. The van der Waals surface area contributed by atoms with E-state index in [0.29, 0.717) is 6.54 Å². The van der Waals surface area contributed by atoms with Crippen molar-refractivity contribution in [2.24, 2.45) is 4.99 Å². The quantitative estimate of drug-likeness (QED) is 0.194. The zero-order chi connectivity index (χ0) is 20.6. The molecule has 0 radical (unpaired) electrons. The zero-order valence-electron chi connectivity index (χ0n) is 17.4. The Bertz CT molecular complexity index is 831. The van der Waals surface area contributed by atoms with Crippen molar-refractivity contribution in [3.63, 3.8) is 0 Å². The standard InChI is InChI=1S/C20H28N6O3.HI/c1-3-8-21-20(22-14-17-4-6-19(7-5-17)26(27)28)25-11-9-24(10-12-25)15-18-13-16(2)29-23-18;/h4-7,13H,3,8-12,14-15H2,1-2H3,(H,21,22);1H. The first-order valence-corrected chi connectivity index (χ1v) is 9.96. The molecule has 1 aromatic heterocycles. The lowest BCUT2D eigenvalue weighted by Gasteiger charge is -2.36. The molecule has 0 unspecified atom stereocenters. The van der Waals surface area contributed by atoms with Gasteiger partial charge in [-0.25, -0.2) is 4.99 Å². The van der Waals surface area contributed by atoms with Crippen LogP contribution < -0.4 is 5.32 Å². The molecule has 1 aromatic carbocycles. The Hall–Kier alpha value is -2.21. The van der Waals surface area contributed by atoms with Crippen LogP contribution in [-0.2, 0) is 13.1 Å². The normalized spacial score (nSPS) is 15.0. The molecule has 2 aromatic rings. The first-order valence-electron chi connectivity index (χ1n) is 9.96. The summed E-state index contributed by atoms with van der Waals surface area (Å²) in [6.45, 7) is 9.79. The van der Waals surface area contributed by atoms with Gasteiger partial charge < -0.3 is 14.7 Å². The Labute approximate surface area is 193 Å². The van der Waals surface area contributed by atoms with E-state index in [1.807, 2.05) is 13.0 Å². The van der Waals surface area contributed by atoms with Crippen LogP contribution in [0.15, 0.2) is 39.8 Å². The van der Waals surface area contributed by atoms with Crippen molar-refractivity contribution in [3.05, 3.63) is 57.5 Å². The number of nitrogens with zero attached hydrogens (tertiary/aromatic N) is 5. The molecule has 9 nitrogen and oxygen atoms in total. The lowest BCUT2D eigenvalue weighted by atomic mass is 10.2. The molecular weight excluding hydrogens is 499 g/mol. The van der Waals surface area contributed by atoms with E-state index in [1.54, 1.807) is 12.1 Å². The minimum Gasteiger partial charge on any atom is -0.361 e. The molecule has 3 rings (SSSR count). The number of piperazine rings is 1. The number of nitro benzene ring substituents is 1. The Morgan fingerprint density at radius 3 is 2.53 bits per heavy atom. The van der Waals surface area contributed by atoms with Gasteiger partial charge in [0.05, 0.1) is 17.2 Å². The molecule has 0 atom stereocenters. The van der Waals surface area contributed by atoms with Crippen molar-refractivity contribution in [2.45, 2.75) is 33.4 Å². The van der Waals surface area contributed by atoms with Gasteiger partial charge in [0.15, 0.2) is 5.96 Å². The summed E-state index contributed by atoms with van der Waals surface area (Å²) >= 11 is 0. The summed E-state index contributed by atoms with van der Waals surface area (Å²) in [5.41, 5.74) is 2.01. The van der Waals surface area contributed by atoms with Gasteiger partial charge in [0.25, 0.3) is 5.69 Å². The zero-order valence-corrected chi connectivity index (χ0v) is 19.7. The van der Waals surface area contributed by atoms with Gasteiger partial charge in [-0.1, -0.05) is 24.2 Å². The minimum atomic E-state index is -0.388. The number of aryl methyl sites for hydroxylation is 1. The number of hydrogen-bond acceptors (Lipinski definition) is 6. The number of aliphatic imine (C=N–C) groups is 1. The van der Waals surface area contributed by atoms with Crippen LogP contribution in [-0.4, -0.2) is 58.6 Å². The summed E-state index contributed by atoms with van der Waals surface area (Å²) in [4.78, 5) is 19.8. The number of aromatic nitrogens is 1. The lowest BCUT2D eigenvalue weighted by molar-refractivity contribution is -0.384.